The number of hydrogen-bond acceptors (Lipinski definition) is 6. The van der Waals surface area contributed by atoms with Crippen LogP contribution < -0.4 is 27.6 Å². The molecule has 1 saturated heterocycles. The number of anilines is 1. The Morgan fingerprint density at radius 2 is 1.57 bits per heavy atom. The lowest BCUT2D eigenvalue weighted by molar-refractivity contribution is -0.138. The first-order valence-corrected chi connectivity index (χ1v) is 14.7. The van der Waals surface area contributed by atoms with E-state index in [1.165, 1.54) is 6.92 Å². The SMILES string of the molecule is Cc1c(N2CCN(Cc3cccc(C(N)=O)c3)CC2)c(=O)n(C[C@H](N)c2ccccc2)c(=O)n1Cc1c(F)cccc1C(F)(F)F. The van der Waals surface area contributed by atoms with Crippen LogP contribution in [0.25, 0.3) is 0 Å². The summed E-state index contributed by atoms with van der Waals surface area (Å²) in [7, 11) is 0. The molecule has 3 aromatic carbocycles. The van der Waals surface area contributed by atoms with Gasteiger partial charge in [-0.15, -0.1) is 0 Å². The van der Waals surface area contributed by atoms with Gasteiger partial charge in [-0.3, -0.25) is 23.6 Å². The smallest absolute Gasteiger partial charge is 0.366 e. The van der Waals surface area contributed by atoms with E-state index in [9.17, 15) is 31.9 Å². The molecule has 4 N–H and O–H groups in total. The summed E-state index contributed by atoms with van der Waals surface area (Å²) >= 11 is 0. The molecule has 0 saturated carbocycles. The van der Waals surface area contributed by atoms with E-state index in [1.54, 1.807) is 53.4 Å². The number of nitrogens with two attached hydrogens (primary N) is 2. The summed E-state index contributed by atoms with van der Waals surface area (Å²) in [5, 5.41) is 0. The second kappa shape index (κ2) is 13.3. The molecule has 1 aliphatic rings. The van der Waals surface area contributed by atoms with Gasteiger partial charge in [-0.25, -0.2) is 9.18 Å². The van der Waals surface area contributed by atoms with Crippen molar-refractivity contribution in [3.8, 4) is 0 Å². The Morgan fingerprint density at radius 3 is 2.22 bits per heavy atom. The molecule has 1 atom stereocenters. The van der Waals surface area contributed by atoms with Gasteiger partial charge in [0.2, 0.25) is 5.91 Å². The maximum Gasteiger partial charge on any atom is 0.416 e. The van der Waals surface area contributed by atoms with E-state index >= 15 is 0 Å². The highest BCUT2D eigenvalue weighted by atomic mass is 19.4. The predicted molar refractivity (Wildman–Crippen MR) is 166 cm³/mol. The maximum absolute atomic E-state index is 14.9. The second-order valence-corrected chi connectivity index (χ2v) is 11.3. The molecule has 1 aliphatic heterocycles. The molecular formula is C33H34F4N6O3. The number of piperazine rings is 1. The number of hydrogen-bond donors (Lipinski definition) is 2. The number of carbonyl (C=O) groups excluding carboxylic acids is 1. The second-order valence-electron chi connectivity index (χ2n) is 11.3. The van der Waals surface area contributed by atoms with Crippen LogP contribution in [0.5, 0.6) is 0 Å². The highest BCUT2D eigenvalue weighted by molar-refractivity contribution is 5.92. The summed E-state index contributed by atoms with van der Waals surface area (Å²) in [4.78, 5) is 43.3. The van der Waals surface area contributed by atoms with Gasteiger partial charge in [0.1, 0.15) is 11.5 Å². The Labute approximate surface area is 262 Å². The minimum atomic E-state index is -4.87. The van der Waals surface area contributed by atoms with Gasteiger partial charge in [-0.05, 0) is 42.3 Å². The number of benzene rings is 3. The highest BCUT2D eigenvalue weighted by Gasteiger charge is 2.35. The quantitative estimate of drug-likeness (QED) is 0.270. The number of amides is 1. The fraction of sp³-hybridized carbons (Fsp3) is 0.303. The van der Waals surface area contributed by atoms with E-state index in [1.807, 2.05) is 6.07 Å². The maximum atomic E-state index is 14.9. The zero-order valence-corrected chi connectivity index (χ0v) is 25.1. The Hall–Kier alpha value is -4.75. The molecule has 1 aromatic heterocycles. The number of carbonyl (C=O) groups is 1. The van der Waals surface area contributed by atoms with Gasteiger partial charge in [0.15, 0.2) is 0 Å². The minimum Gasteiger partial charge on any atom is -0.366 e. The van der Waals surface area contributed by atoms with Crippen LogP contribution in [0.4, 0.5) is 23.2 Å². The number of rotatable bonds is 9. The average molecular weight is 639 g/mol. The molecule has 13 heteroatoms. The normalized spacial score (nSPS) is 14.8. The molecule has 0 aliphatic carbocycles. The van der Waals surface area contributed by atoms with Gasteiger partial charge in [0.05, 0.1) is 18.7 Å². The Balaban J connectivity index is 1.52. The molecule has 0 spiro atoms. The van der Waals surface area contributed by atoms with Crippen molar-refractivity contribution in [1.82, 2.24) is 14.0 Å². The average Bonchev–Trinajstić information content (AvgIpc) is 3.02. The number of nitrogens with zero attached hydrogens (tertiary/aromatic N) is 4. The van der Waals surface area contributed by atoms with E-state index in [2.05, 4.69) is 4.90 Å². The molecule has 0 bridgehead atoms. The van der Waals surface area contributed by atoms with Crippen molar-refractivity contribution in [1.29, 1.82) is 0 Å². The first kappa shape index (κ1) is 32.6. The largest absolute Gasteiger partial charge is 0.416 e. The van der Waals surface area contributed by atoms with Crippen LogP contribution in [0.3, 0.4) is 0 Å². The van der Waals surface area contributed by atoms with Crippen LogP contribution in [-0.4, -0.2) is 46.1 Å². The molecule has 9 nitrogen and oxygen atoms in total. The van der Waals surface area contributed by atoms with Crippen LogP contribution in [0.15, 0.2) is 82.4 Å². The number of alkyl halides is 3. The summed E-state index contributed by atoms with van der Waals surface area (Å²) < 4.78 is 58.6. The molecule has 1 amide bonds. The minimum absolute atomic E-state index is 0.124. The van der Waals surface area contributed by atoms with E-state index in [0.717, 1.165) is 32.9 Å². The first-order chi connectivity index (χ1) is 21.8. The highest BCUT2D eigenvalue weighted by Crippen LogP contribution is 2.33. The molecule has 46 heavy (non-hydrogen) atoms. The Morgan fingerprint density at radius 1 is 0.891 bits per heavy atom. The van der Waals surface area contributed by atoms with Gasteiger partial charge in [-0.2, -0.15) is 13.2 Å². The van der Waals surface area contributed by atoms with Gasteiger partial charge in [-0.1, -0.05) is 48.5 Å². The summed E-state index contributed by atoms with van der Waals surface area (Å²) in [6.07, 6.45) is -4.87. The van der Waals surface area contributed by atoms with E-state index in [-0.39, 0.29) is 17.9 Å². The summed E-state index contributed by atoms with van der Waals surface area (Å²) in [6, 6.07) is 17.7. The summed E-state index contributed by atoms with van der Waals surface area (Å²) in [5.74, 6) is -1.64. The van der Waals surface area contributed by atoms with E-state index < -0.39 is 52.9 Å². The molecule has 5 rings (SSSR count). The molecular weight excluding hydrogens is 604 g/mol. The van der Waals surface area contributed by atoms with Crippen LogP contribution >= 0.6 is 0 Å². The molecule has 2 heterocycles. The van der Waals surface area contributed by atoms with Crippen molar-refractivity contribution in [3.05, 3.63) is 133 Å². The molecule has 0 radical (unpaired) electrons. The standard InChI is InChI=1S/C33H34F4N6O3/c1-21-29(41-15-13-40(14-16-41)18-22-7-5-10-24(17-22)30(39)44)31(45)43(20-28(38)23-8-3-2-4-9-23)32(46)42(21)19-25-26(33(35,36)37)11-6-12-27(25)34/h2-12,17,28H,13-16,18-20,38H2,1H3,(H2,39,44)/t28-/m0/s1. The first-order valence-electron chi connectivity index (χ1n) is 14.7. The van der Waals surface area contributed by atoms with E-state index in [0.29, 0.717) is 43.9 Å². The van der Waals surface area contributed by atoms with Gasteiger partial charge >= 0.3 is 11.9 Å². The van der Waals surface area contributed by atoms with Crippen molar-refractivity contribution in [2.45, 2.75) is 38.8 Å². The Bertz CT molecular complexity index is 1850. The van der Waals surface area contributed by atoms with Crippen molar-refractivity contribution in [2.24, 2.45) is 11.5 Å². The zero-order chi connectivity index (χ0) is 33.2. The van der Waals surface area contributed by atoms with Crippen molar-refractivity contribution < 1.29 is 22.4 Å². The van der Waals surface area contributed by atoms with Crippen LogP contribution in [0.2, 0.25) is 0 Å². The van der Waals surface area contributed by atoms with Crippen LogP contribution in [0, 0.1) is 12.7 Å². The van der Waals surface area contributed by atoms with Gasteiger partial charge < -0.3 is 16.4 Å². The van der Waals surface area contributed by atoms with Gasteiger partial charge in [0.25, 0.3) is 5.56 Å². The third kappa shape index (κ3) is 6.90. The molecule has 1 fully saturated rings. The molecule has 0 unspecified atom stereocenters. The third-order valence-electron chi connectivity index (χ3n) is 8.31. The topological polar surface area (TPSA) is 120 Å². The molecule has 4 aromatic rings. The molecule has 242 valence electrons. The number of halogens is 4. The zero-order valence-electron chi connectivity index (χ0n) is 25.1. The Kier molecular flexibility index (Phi) is 9.44. The fourth-order valence-corrected chi connectivity index (χ4v) is 5.85. The fourth-order valence-electron chi connectivity index (χ4n) is 5.85. The van der Waals surface area contributed by atoms with Crippen LogP contribution in [0.1, 0.15) is 44.3 Å². The number of primary amides is 1. The summed E-state index contributed by atoms with van der Waals surface area (Å²) in [5.41, 5.74) is 10.6. The number of aromatic nitrogens is 2. The third-order valence-corrected chi connectivity index (χ3v) is 8.31. The van der Waals surface area contributed by atoms with Crippen molar-refractivity contribution in [3.63, 3.8) is 0 Å². The van der Waals surface area contributed by atoms with Crippen molar-refractivity contribution >= 4 is 11.6 Å². The van der Waals surface area contributed by atoms with E-state index in [4.69, 9.17) is 11.5 Å². The summed E-state index contributed by atoms with van der Waals surface area (Å²) in [6.45, 7) is 2.77. The van der Waals surface area contributed by atoms with Crippen molar-refractivity contribution in [2.75, 3.05) is 31.1 Å². The lowest BCUT2D eigenvalue weighted by Gasteiger charge is -2.37. The van der Waals surface area contributed by atoms with Crippen LogP contribution in [-0.2, 0) is 25.8 Å². The monoisotopic (exact) mass is 638 g/mol. The van der Waals surface area contributed by atoms with Gasteiger partial charge in [0, 0.05) is 55.6 Å². The lowest BCUT2D eigenvalue weighted by atomic mass is 10.1. The lowest BCUT2D eigenvalue weighted by Crippen LogP contribution is -2.51. The predicted octanol–water partition coefficient (Wildman–Crippen LogP) is 3.65.